The summed E-state index contributed by atoms with van der Waals surface area (Å²) in [4.78, 5) is 0. The van der Waals surface area contributed by atoms with Crippen LogP contribution in [-0.4, -0.2) is 20.4 Å². The number of anilines is 4. The summed E-state index contributed by atoms with van der Waals surface area (Å²) in [5.74, 6) is -0.999. The number of aryl methyl sites for hydroxylation is 2. The van der Waals surface area contributed by atoms with Crippen LogP contribution in [0.4, 0.5) is 22.7 Å². The maximum atomic E-state index is 11.3. The lowest BCUT2D eigenvalue weighted by Crippen LogP contribution is -1.97. The highest BCUT2D eigenvalue weighted by molar-refractivity contribution is 6.21. The predicted octanol–water partition coefficient (Wildman–Crippen LogP) is 6.92. The molecule has 0 aliphatic heterocycles. The van der Waals surface area contributed by atoms with Crippen LogP contribution in [0.1, 0.15) is 11.1 Å². The molecule has 5 aromatic rings. The molecule has 0 heterocycles. The Labute approximate surface area is 196 Å². The zero-order chi connectivity index (χ0) is 24.0. The van der Waals surface area contributed by atoms with Gasteiger partial charge in [0.2, 0.25) is 0 Å². The van der Waals surface area contributed by atoms with Crippen LogP contribution in [0.3, 0.4) is 0 Å². The third-order valence-electron chi connectivity index (χ3n) is 5.91. The van der Waals surface area contributed by atoms with E-state index >= 15 is 0 Å². The summed E-state index contributed by atoms with van der Waals surface area (Å²) in [5, 5.41) is 50.9. The van der Waals surface area contributed by atoms with Crippen LogP contribution in [0, 0.1) is 13.8 Å². The first-order valence-corrected chi connectivity index (χ1v) is 10.9. The molecule has 0 saturated carbocycles. The largest absolute Gasteiger partial charge is 0.507 e. The van der Waals surface area contributed by atoms with Crippen molar-refractivity contribution in [1.82, 2.24) is 0 Å². The Bertz CT molecular complexity index is 1460. The van der Waals surface area contributed by atoms with E-state index in [4.69, 9.17) is 0 Å². The summed E-state index contributed by atoms with van der Waals surface area (Å²) in [5.41, 5.74) is 4.81. The van der Waals surface area contributed by atoms with Crippen molar-refractivity contribution in [2.24, 2.45) is 0 Å². The molecule has 6 heteroatoms. The van der Waals surface area contributed by atoms with Gasteiger partial charge in [-0.15, -0.1) is 0 Å². The quantitative estimate of drug-likeness (QED) is 0.131. The highest BCUT2D eigenvalue weighted by Gasteiger charge is 2.23. The minimum Gasteiger partial charge on any atom is -0.507 e. The van der Waals surface area contributed by atoms with E-state index in [1.54, 1.807) is 12.1 Å². The zero-order valence-electron chi connectivity index (χ0n) is 18.7. The van der Waals surface area contributed by atoms with E-state index in [9.17, 15) is 20.4 Å². The van der Waals surface area contributed by atoms with Crippen molar-refractivity contribution in [3.05, 3.63) is 83.9 Å². The van der Waals surface area contributed by atoms with Gasteiger partial charge < -0.3 is 31.1 Å². The first-order valence-electron chi connectivity index (χ1n) is 10.9. The standard InChI is InChI=1S/C28H24N2O4/c1-15-5-3-7-17(13-15)29-19-9-10-20(30-18-8-4-6-16(2)14-18)24-23(19)27(33)25-21(31)11-12-22(32)26(25)28(24)34/h3-14,29-34H,1-2H3. The molecular formula is C28H24N2O4. The fourth-order valence-corrected chi connectivity index (χ4v) is 4.37. The molecule has 6 N–H and O–H groups in total. The lowest BCUT2D eigenvalue weighted by atomic mass is 9.96. The number of hydrogen-bond acceptors (Lipinski definition) is 6. The van der Waals surface area contributed by atoms with E-state index in [1.165, 1.54) is 12.1 Å². The smallest absolute Gasteiger partial charge is 0.137 e. The molecule has 0 spiro atoms. The second-order valence-corrected chi connectivity index (χ2v) is 8.45. The summed E-state index contributed by atoms with van der Waals surface area (Å²) in [6.45, 7) is 3.96. The number of aromatic hydroxyl groups is 4. The second-order valence-electron chi connectivity index (χ2n) is 8.45. The third kappa shape index (κ3) is 3.55. The molecule has 0 atom stereocenters. The third-order valence-corrected chi connectivity index (χ3v) is 5.91. The van der Waals surface area contributed by atoms with Crippen molar-refractivity contribution in [2.75, 3.05) is 10.6 Å². The first kappa shape index (κ1) is 21.3. The minimum atomic E-state index is -0.251. The normalized spacial score (nSPS) is 11.1. The van der Waals surface area contributed by atoms with Gasteiger partial charge >= 0.3 is 0 Å². The van der Waals surface area contributed by atoms with Gasteiger partial charge in [0, 0.05) is 11.4 Å². The number of rotatable bonds is 4. The van der Waals surface area contributed by atoms with Crippen LogP contribution in [0.15, 0.2) is 72.8 Å². The summed E-state index contributed by atoms with van der Waals surface area (Å²) in [7, 11) is 0. The number of phenols is 4. The van der Waals surface area contributed by atoms with Gasteiger partial charge in [-0.1, -0.05) is 24.3 Å². The number of nitrogens with one attached hydrogen (secondary N) is 2. The predicted molar refractivity (Wildman–Crippen MR) is 137 cm³/mol. The molecule has 0 unspecified atom stereocenters. The summed E-state index contributed by atoms with van der Waals surface area (Å²) >= 11 is 0. The molecule has 5 aromatic carbocycles. The van der Waals surface area contributed by atoms with Crippen molar-refractivity contribution >= 4 is 44.3 Å². The maximum Gasteiger partial charge on any atom is 0.137 e. The van der Waals surface area contributed by atoms with Gasteiger partial charge in [0.25, 0.3) is 0 Å². The Hall–Kier alpha value is -4.58. The molecule has 0 aromatic heterocycles. The molecule has 0 saturated heterocycles. The fraction of sp³-hybridized carbons (Fsp3) is 0.0714. The summed E-state index contributed by atoms with van der Waals surface area (Å²) in [6.07, 6.45) is 0. The first-order chi connectivity index (χ1) is 16.3. The fourth-order valence-electron chi connectivity index (χ4n) is 4.37. The molecule has 0 amide bonds. The molecule has 0 aliphatic rings. The van der Waals surface area contributed by atoms with Crippen LogP contribution in [0.5, 0.6) is 23.0 Å². The molecule has 170 valence electrons. The molecule has 6 nitrogen and oxygen atoms in total. The molecule has 5 rings (SSSR count). The van der Waals surface area contributed by atoms with Crippen molar-refractivity contribution < 1.29 is 20.4 Å². The van der Waals surface area contributed by atoms with E-state index in [1.807, 2.05) is 62.4 Å². The summed E-state index contributed by atoms with van der Waals surface area (Å²) < 4.78 is 0. The van der Waals surface area contributed by atoms with E-state index in [0.717, 1.165) is 22.5 Å². The van der Waals surface area contributed by atoms with Crippen LogP contribution in [0.2, 0.25) is 0 Å². The monoisotopic (exact) mass is 452 g/mol. The van der Waals surface area contributed by atoms with E-state index in [-0.39, 0.29) is 33.8 Å². The van der Waals surface area contributed by atoms with Crippen molar-refractivity contribution in [3.63, 3.8) is 0 Å². The van der Waals surface area contributed by atoms with Crippen molar-refractivity contribution in [1.29, 1.82) is 0 Å². The SMILES string of the molecule is Cc1cccc(Nc2ccc(Nc3cccc(C)c3)c3c(O)c4c(O)ccc(O)c4c(O)c23)c1. The van der Waals surface area contributed by atoms with Crippen molar-refractivity contribution in [2.45, 2.75) is 13.8 Å². The van der Waals surface area contributed by atoms with Gasteiger partial charge in [0.1, 0.15) is 23.0 Å². The van der Waals surface area contributed by atoms with Crippen molar-refractivity contribution in [3.8, 4) is 23.0 Å². The zero-order valence-corrected chi connectivity index (χ0v) is 18.7. The Morgan fingerprint density at radius 3 is 1.29 bits per heavy atom. The van der Waals surface area contributed by atoms with Crippen LogP contribution < -0.4 is 10.6 Å². The van der Waals surface area contributed by atoms with E-state index in [2.05, 4.69) is 10.6 Å². The van der Waals surface area contributed by atoms with Gasteiger partial charge in [-0.2, -0.15) is 0 Å². The minimum absolute atomic E-state index is 0.0232. The second kappa shape index (κ2) is 8.08. The number of fused-ring (bicyclic) bond motifs is 2. The van der Waals surface area contributed by atoms with Gasteiger partial charge in [-0.25, -0.2) is 0 Å². The van der Waals surface area contributed by atoms with Crippen LogP contribution >= 0.6 is 0 Å². The van der Waals surface area contributed by atoms with Crippen LogP contribution in [-0.2, 0) is 0 Å². The topological polar surface area (TPSA) is 105 Å². The van der Waals surface area contributed by atoms with E-state index < -0.39 is 0 Å². The number of phenolic OH excluding ortho intramolecular Hbond substituents is 4. The summed E-state index contributed by atoms with van der Waals surface area (Å²) in [6, 6.07) is 21.7. The Balaban J connectivity index is 1.83. The molecule has 0 fully saturated rings. The Morgan fingerprint density at radius 1 is 0.500 bits per heavy atom. The van der Waals surface area contributed by atoms with Gasteiger partial charge in [0.15, 0.2) is 0 Å². The lowest BCUT2D eigenvalue weighted by molar-refractivity contribution is 0.451. The highest BCUT2D eigenvalue weighted by atomic mass is 16.3. The Morgan fingerprint density at radius 2 is 0.912 bits per heavy atom. The average Bonchev–Trinajstić information content (AvgIpc) is 2.80. The maximum absolute atomic E-state index is 11.3. The van der Waals surface area contributed by atoms with E-state index in [0.29, 0.717) is 22.1 Å². The highest BCUT2D eigenvalue weighted by Crippen LogP contribution is 2.52. The Kier molecular flexibility index (Phi) is 5.06. The number of hydrogen-bond donors (Lipinski definition) is 6. The molecule has 0 radical (unpaired) electrons. The molecular weight excluding hydrogens is 428 g/mol. The average molecular weight is 453 g/mol. The molecule has 34 heavy (non-hydrogen) atoms. The number of benzene rings is 5. The lowest BCUT2D eigenvalue weighted by Gasteiger charge is -2.19. The van der Waals surface area contributed by atoms with Gasteiger partial charge in [-0.3, -0.25) is 0 Å². The van der Waals surface area contributed by atoms with Crippen LogP contribution in [0.25, 0.3) is 21.5 Å². The van der Waals surface area contributed by atoms with Gasteiger partial charge in [-0.05, 0) is 73.5 Å². The molecule has 0 bridgehead atoms. The van der Waals surface area contributed by atoms with Gasteiger partial charge in [0.05, 0.1) is 32.9 Å². The molecule has 0 aliphatic carbocycles.